The number of halogens is 2. The van der Waals surface area contributed by atoms with Crippen molar-refractivity contribution in [1.82, 2.24) is 14.8 Å². The van der Waals surface area contributed by atoms with Gasteiger partial charge in [0.15, 0.2) is 6.20 Å². The zero-order chi connectivity index (χ0) is 24.9. The smallest absolute Gasteiger partial charge is 0.287 e. The normalized spacial score (nSPS) is 14.9. The van der Waals surface area contributed by atoms with Crippen molar-refractivity contribution in [2.24, 2.45) is 0 Å². The minimum atomic E-state index is -0.435. The molecule has 3 heterocycles. The summed E-state index contributed by atoms with van der Waals surface area (Å²) < 4.78 is 19.1. The second kappa shape index (κ2) is 10.7. The molecule has 1 N–H and O–H groups in total. The molecule has 0 spiro atoms. The number of pyridine rings is 2. The molecule has 0 aliphatic carbocycles. The number of benzene rings is 1. The molecule has 1 aliphatic heterocycles. The number of rotatable bonds is 6. The Bertz CT molecular complexity index is 1200. The van der Waals surface area contributed by atoms with Crippen molar-refractivity contribution in [3.8, 4) is 11.5 Å². The van der Waals surface area contributed by atoms with Crippen molar-refractivity contribution in [2.75, 3.05) is 31.5 Å². The number of amides is 2. The van der Waals surface area contributed by atoms with Gasteiger partial charge < -0.3 is 20.2 Å². The number of nitrogens with zero attached hydrogens (tertiary/aromatic N) is 4. The van der Waals surface area contributed by atoms with E-state index in [4.69, 9.17) is 16.3 Å². The van der Waals surface area contributed by atoms with Gasteiger partial charge in [-0.05, 0) is 54.9 Å². The average molecular weight is 500 g/mol. The largest absolute Gasteiger partial charge is 0.618 e. The quantitative estimate of drug-likeness (QED) is 0.318. The van der Waals surface area contributed by atoms with E-state index in [1.165, 1.54) is 48.8 Å². The number of anilines is 1. The highest BCUT2D eigenvalue weighted by Crippen LogP contribution is 2.22. The number of nitrogens with one attached hydrogen (secondary N) is 1. The summed E-state index contributed by atoms with van der Waals surface area (Å²) in [6.07, 6.45) is 2.67. The van der Waals surface area contributed by atoms with Crippen molar-refractivity contribution in [2.45, 2.75) is 13.0 Å². The Morgan fingerprint density at radius 1 is 1.11 bits per heavy atom. The van der Waals surface area contributed by atoms with Crippen LogP contribution in [0.3, 0.4) is 0 Å². The summed E-state index contributed by atoms with van der Waals surface area (Å²) in [6, 6.07) is 11.3. The topological polar surface area (TPSA) is 102 Å². The lowest BCUT2D eigenvalue weighted by Crippen LogP contribution is -2.54. The minimum absolute atomic E-state index is 0.0663. The van der Waals surface area contributed by atoms with E-state index in [-0.39, 0.29) is 22.8 Å². The van der Waals surface area contributed by atoms with Gasteiger partial charge in [-0.2, -0.15) is 4.73 Å². The lowest BCUT2D eigenvalue weighted by atomic mass is 10.2. The lowest BCUT2D eigenvalue weighted by molar-refractivity contribution is -0.603. The molecule has 1 aromatic carbocycles. The van der Waals surface area contributed by atoms with Crippen molar-refractivity contribution in [1.29, 1.82) is 0 Å². The Morgan fingerprint density at radius 2 is 1.80 bits per heavy atom. The summed E-state index contributed by atoms with van der Waals surface area (Å²) in [4.78, 5) is 33.3. The molecule has 3 aromatic rings. The molecular formula is C24H23ClFN5O4. The first-order chi connectivity index (χ1) is 16.8. The highest BCUT2D eigenvalue weighted by Gasteiger charge is 2.28. The third-order valence-corrected chi connectivity index (χ3v) is 5.96. The maximum atomic E-state index is 13.0. The number of hydrogen-bond donors (Lipinski definition) is 1. The van der Waals surface area contributed by atoms with Gasteiger partial charge in [0, 0.05) is 38.3 Å². The number of piperazine rings is 1. The number of ether oxygens (including phenoxy) is 1. The van der Waals surface area contributed by atoms with Crippen molar-refractivity contribution in [3.05, 3.63) is 82.7 Å². The summed E-state index contributed by atoms with van der Waals surface area (Å²) >= 11 is 5.82. The van der Waals surface area contributed by atoms with Gasteiger partial charge in [0.25, 0.3) is 11.1 Å². The van der Waals surface area contributed by atoms with Crippen LogP contribution >= 0.6 is 11.6 Å². The Morgan fingerprint density at radius 3 is 2.43 bits per heavy atom. The number of carbonyl (C=O) groups excluding carboxylic acids is 2. The molecule has 1 fully saturated rings. The first-order valence-corrected chi connectivity index (χ1v) is 11.3. The number of hydrogen-bond acceptors (Lipinski definition) is 6. The van der Waals surface area contributed by atoms with Gasteiger partial charge in [0.1, 0.15) is 23.1 Å². The molecule has 0 radical (unpaired) electrons. The van der Waals surface area contributed by atoms with E-state index in [0.29, 0.717) is 53.8 Å². The van der Waals surface area contributed by atoms with E-state index in [2.05, 4.69) is 10.3 Å². The number of aromatic nitrogens is 2. The molecule has 2 aromatic heterocycles. The monoisotopic (exact) mass is 499 g/mol. The van der Waals surface area contributed by atoms with E-state index in [1.807, 2.05) is 4.90 Å². The summed E-state index contributed by atoms with van der Waals surface area (Å²) in [5, 5.41) is 14.1. The molecule has 0 bridgehead atoms. The molecule has 1 unspecified atom stereocenters. The van der Waals surface area contributed by atoms with Crippen LogP contribution < -0.4 is 14.8 Å². The maximum Gasteiger partial charge on any atom is 0.287 e. The van der Waals surface area contributed by atoms with Crippen molar-refractivity contribution in [3.63, 3.8) is 0 Å². The second-order valence-electron chi connectivity index (χ2n) is 7.99. The van der Waals surface area contributed by atoms with Crippen LogP contribution in [0.2, 0.25) is 5.15 Å². The second-order valence-corrected chi connectivity index (χ2v) is 8.38. The zero-order valence-corrected chi connectivity index (χ0v) is 19.6. The Kier molecular flexibility index (Phi) is 7.42. The van der Waals surface area contributed by atoms with Gasteiger partial charge in [0.2, 0.25) is 5.91 Å². The van der Waals surface area contributed by atoms with Gasteiger partial charge in [-0.25, -0.2) is 9.37 Å². The lowest BCUT2D eigenvalue weighted by Gasteiger charge is -2.37. The van der Waals surface area contributed by atoms with Crippen LogP contribution in [0, 0.1) is 11.0 Å². The third kappa shape index (κ3) is 6.03. The van der Waals surface area contributed by atoms with Crippen LogP contribution in [-0.2, 0) is 4.79 Å². The molecule has 11 heteroatoms. The molecule has 35 heavy (non-hydrogen) atoms. The van der Waals surface area contributed by atoms with Gasteiger partial charge in [0.05, 0.1) is 17.8 Å². The highest BCUT2D eigenvalue weighted by molar-refractivity contribution is 6.28. The molecule has 2 amide bonds. The van der Waals surface area contributed by atoms with Gasteiger partial charge in [-0.3, -0.25) is 14.5 Å². The molecule has 0 saturated carbocycles. The maximum absolute atomic E-state index is 13.0. The predicted octanol–water partition coefficient (Wildman–Crippen LogP) is 3.08. The van der Waals surface area contributed by atoms with E-state index >= 15 is 0 Å². The van der Waals surface area contributed by atoms with E-state index in [1.54, 1.807) is 24.0 Å². The summed E-state index contributed by atoms with van der Waals surface area (Å²) in [7, 11) is 0. The predicted molar refractivity (Wildman–Crippen MR) is 127 cm³/mol. The highest BCUT2D eigenvalue weighted by atomic mass is 35.5. The molecule has 1 atom stereocenters. The Balaban J connectivity index is 1.28. The Hall–Kier alpha value is -3.76. The van der Waals surface area contributed by atoms with Crippen molar-refractivity contribution >= 4 is 29.2 Å². The minimum Gasteiger partial charge on any atom is -0.618 e. The van der Waals surface area contributed by atoms with Crippen LogP contribution in [0.1, 0.15) is 17.3 Å². The number of carbonyl (C=O) groups is 2. The fraction of sp³-hybridized carbons (Fsp3) is 0.250. The van der Waals surface area contributed by atoms with Crippen LogP contribution in [-0.4, -0.2) is 58.8 Å². The SMILES string of the molecule is CC(C(=O)Nc1ccc(Oc2ccc(F)cc2)cn1)N1CCN(C(=O)c2cc[n+]([O-])c(Cl)c2)CC1. The van der Waals surface area contributed by atoms with Crippen LogP contribution in [0.15, 0.2) is 60.9 Å². The summed E-state index contributed by atoms with van der Waals surface area (Å²) in [5.41, 5.74) is 0.347. The first-order valence-electron chi connectivity index (χ1n) is 10.9. The van der Waals surface area contributed by atoms with Crippen LogP contribution in [0.5, 0.6) is 11.5 Å². The summed E-state index contributed by atoms with van der Waals surface area (Å²) in [6.45, 7) is 3.70. The fourth-order valence-corrected chi connectivity index (χ4v) is 3.81. The molecule has 4 rings (SSSR count). The molecule has 9 nitrogen and oxygen atoms in total. The average Bonchev–Trinajstić information content (AvgIpc) is 2.87. The zero-order valence-electron chi connectivity index (χ0n) is 18.9. The summed E-state index contributed by atoms with van der Waals surface area (Å²) in [5.74, 6) is 0.512. The van der Waals surface area contributed by atoms with Gasteiger partial charge in [-0.1, -0.05) is 0 Å². The van der Waals surface area contributed by atoms with E-state index in [9.17, 15) is 19.2 Å². The molecule has 182 valence electrons. The van der Waals surface area contributed by atoms with E-state index < -0.39 is 6.04 Å². The Labute approximate surface area is 206 Å². The van der Waals surface area contributed by atoms with Crippen LogP contribution in [0.4, 0.5) is 10.2 Å². The molecular weight excluding hydrogens is 477 g/mol. The fourth-order valence-electron chi connectivity index (χ4n) is 3.64. The van der Waals surface area contributed by atoms with Gasteiger partial charge >= 0.3 is 0 Å². The first kappa shape index (κ1) is 24.4. The third-order valence-electron chi connectivity index (χ3n) is 5.69. The van der Waals surface area contributed by atoms with Gasteiger partial charge in [-0.15, -0.1) is 0 Å². The standard InChI is InChI=1S/C24H23ClFN5O4/c1-16(29-10-12-30(13-11-29)24(33)17-8-9-31(34)21(25)14-17)23(32)28-22-7-6-20(15-27-22)35-19-4-2-18(26)3-5-19/h2-9,14-16H,10-13H2,1H3,(H,27,28,32). The van der Waals surface area contributed by atoms with Crippen LogP contribution in [0.25, 0.3) is 0 Å². The van der Waals surface area contributed by atoms with Crippen molar-refractivity contribution < 1.29 is 23.4 Å². The molecule has 1 aliphatic rings. The molecule has 1 saturated heterocycles. The van der Waals surface area contributed by atoms with E-state index in [0.717, 1.165) is 0 Å².